The molecule has 72 valence electrons. The van der Waals surface area contributed by atoms with Gasteiger partial charge in [-0.25, -0.2) is 4.39 Å². The van der Waals surface area contributed by atoms with Crippen molar-refractivity contribution in [3.05, 3.63) is 29.1 Å². The van der Waals surface area contributed by atoms with Crippen LogP contribution in [-0.2, 0) is 6.42 Å². The molecule has 0 unspecified atom stereocenters. The number of hydrogen-bond acceptors (Lipinski definition) is 2. The topological polar surface area (TPSA) is 35.2 Å². The Kier molecular flexibility index (Phi) is 3.25. The molecule has 0 saturated carbocycles. The van der Waals surface area contributed by atoms with Crippen molar-refractivity contribution in [2.24, 2.45) is 5.73 Å². The lowest BCUT2D eigenvalue weighted by Crippen LogP contribution is -2.04. The molecular weight excluding hydrogens is 169 g/mol. The molecule has 1 aromatic carbocycles. The minimum Gasteiger partial charge on any atom is -0.496 e. The molecule has 3 heteroatoms. The fourth-order valence-electron chi connectivity index (χ4n) is 1.23. The van der Waals surface area contributed by atoms with Crippen LogP contribution in [0.5, 0.6) is 5.75 Å². The fourth-order valence-corrected chi connectivity index (χ4v) is 1.23. The molecule has 1 aromatic rings. The SMILES string of the molecule is COc1cc(CCN)cc(F)c1C. The van der Waals surface area contributed by atoms with Crippen molar-refractivity contribution in [1.29, 1.82) is 0 Å². The zero-order valence-corrected chi connectivity index (χ0v) is 7.93. The molecule has 0 heterocycles. The van der Waals surface area contributed by atoms with Crippen LogP contribution in [0.1, 0.15) is 11.1 Å². The molecule has 1 rings (SSSR count). The maximum absolute atomic E-state index is 13.2. The van der Waals surface area contributed by atoms with Gasteiger partial charge in [-0.05, 0) is 37.6 Å². The van der Waals surface area contributed by atoms with E-state index in [-0.39, 0.29) is 5.82 Å². The van der Waals surface area contributed by atoms with Crippen LogP contribution < -0.4 is 10.5 Å². The largest absolute Gasteiger partial charge is 0.496 e. The van der Waals surface area contributed by atoms with Gasteiger partial charge in [0.15, 0.2) is 0 Å². The maximum Gasteiger partial charge on any atom is 0.130 e. The summed E-state index contributed by atoms with van der Waals surface area (Å²) in [5.74, 6) is 0.353. The van der Waals surface area contributed by atoms with Gasteiger partial charge in [0.05, 0.1) is 7.11 Å². The van der Waals surface area contributed by atoms with E-state index >= 15 is 0 Å². The molecule has 0 atom stereocenters. The van der Waals surface area contributed by atoms with Crippen LogP contribution >= 0.6 is 0 Å². The molecule has 0 aromatic heterocycles. The Morgan fingerprint density at radius 2 is 2.15 bits per heavy atom. The van der Waals surface area contributed by atoms with E-state index in [9.17, 15) is 4.39 Å². The summed E-state index contributed by atoms with van der Waals surface area (Å²) in [7, 11) is 1.54. The first-order chi connectivity index (χ1) is 6.19. The van der Waals surface area contributed by atoms with E-state index in [0.717, 1.165) is 5.56 Å². The highest BCUT2D eigenvalue weighted by Crippen LogP contribution is 2.22. The van der Waals surface area contributed by atoms with Crippen molar-refractivity contribution in [2.75, 3.05) is 13.7 Å². The second kappa shape index (κ2) is 4.23. The van der Waals surface area contributed by atoms with E-state index in [1.165, 1.54) is 13.2 Å². The highest BCUT2D eigenvalue weighted by Gasteiger charge is 2.06. The third-order valence-electron chi connectivity index (χ3n) is 2.01. The summed E-state index contributed by atoms with van der Waals surface area (Å²) < 4.78 is 18.3. The summed E-state index contributed by atoms with van der Waals surface area (Å²) in [5, 5.41) is 0. The second-order valence-electron chi connectivity index (χ2n) is 2.94. The van der Waals surface area contributed by atoms with E-state index < -0.39 is 0 Å². The Hall–Kier alpha value is -1.09. The lowest BCUT2D eigenvalue weighted by molar-refractivity contribution is 0.406. The van der Waals surface area contributed by atoms with Gasteiger partial charge in [0.1, 0.15) is 11.6 Å². The lowest BCUT2D eigenvalue weighted by atomic mass is 10.1. The molecule has 0 aliphatic heterocycles. The first kappa shape index (κ1) is 9.99. The molecule has 0 radical (unpaired) electrons. The van der Waals surface area contributed by atoms with Crippen LogP contribution in [0, 0.1) is 12.7 Å². The standard InChI is InChI=1S/C10H14FNO/c1-7-9(11)5-8(3-4-12)6-10(7)13-2/h5-6H,3-4,12H2,1-2H3. The summed E-state index contributed by atoms with van der Waals surface area (Å²) in [4.78, 5) is 0. The molecule has 0 aliphatic rings. The Balaban J connectivity index is 3.06. The van der Waals surface area contributed by atoms with Gasteiger partial charge in [-0.1, -0.05) is 0 Å². The Labute approximate surface area is 77.5 Å². The molecule has 0 fully saturated rings. The predicted octanol–water partition coefficient (Wildman–Crippen LogP) is 1.64. The maximum atomic E-state index is 13.2. The monoisotopic (exact) mass is 183 g/mol. The summed E-state index contributed by atoms with van der Waals surface area (Å²) in [5.41, 5.74) is 6.80. The summed E-state index contributed by atoms with van der Waals surface area (Å²) >= 11 is 0. The third kappa shape index (κ3) is 2.18. The first-order valence-electron chi connectivity index (χ1n) is 4.22. The Bertz CT molecular complexity index is 299. The van der Waals surface area contributed by atoms with Gasteiger partial charge >= 0.3 is 0 Å². The summed E-state index contributed by atoms with van der Waals surface area (Å²) in [6.07, 6.45) is 0.674. The quantitative estimate of drug-likeness (QED) is 0.773. The lowest BCUT2D eigenvalue weighted by Gasteiger charge is -2.08. The van der Waals surface area contributed by atoms with Crippen molar-refractivity contribution >= 4 is 0 Å². The molecule has 0 spiro atoms. The third-order valence-corrected chi connectivity index (χ3v) is 2.01. The van der Waals surface area contributed by atoms with E-state index in [1.807, 2.05) is 6.07 Å². The van der Waals surface area contributed by atoms with Gasteiger partial charge in [0.2, 0.25) is 0 Å². The van der Waals surface area contributed by atoms with Crippen LogP contribution in [0.15, 0.2) is 12.1 Å². The number of benzene rings is 1. The highest BCUT2D eigenvalue weighted by molar-refractivity contribution is 5.37. The van der Waals surface area contributed by atoms with Crippen molar-refractivity contribution < 1.29 is 9.13 Å². The van der Waals surface area contributed by atoms with Gasteiger partial charge in [0.25, 0.3) is 0 Å². The second-order valence-corrected chi connectivity index (χ2v) is 2.94. The van der Waals surface area contributed by atoms with Crippen LogP contribution in [0.25, 0.3) is 0 Å². The van der Waals surface area contributed by atoms with Crippen molar-refractivity contribution in [3.8, 4) is 5.75 Å². The van der Waals surface area contributed by atoms with Gasteiger partial charge in [-0.3, -0.25) is 0 Å². The van der Waals surface area contributed by atoms with Crippen LogP contribution in [0.3, 0.4) is 0 Å². The van der Waals surface area contributed by atoms with Gasteiger partial charge in [-0.15, -0.1) is 0 Å². The van der Waals surface area contributed by atoms with Gasteiger partial charge in [0, 0.05) is 5.56 Å². The van der Waals surface area contributed by atoms with Gasteiger partial charge in [-0.2, -0.15) is 0 Å². The first-order valence-corrected chi connectivity index (χ1v) is 4.22. The molecule has 2 nitrogen and oxygen atoms in total. The van der Waals surface area contributed by atoms with Crippen molar-refractivity contribution in [1.82, 2.24) is 0 Å². The van der Waals surface area contributed by atoms with Gasteiger partial charge < -0.3 is 10.5 Å². The summed E-state index contributed by atoms with van der Waals surface area (Å²) in [6.45, 7) is 2.21. The van der Waals surface area contributed by atoms with Crippen LogP contribution in [0.2, 0.25) is 0 Å². The van der Waals surface area contributed by atoms with Crippen LogP contribution in [-0.4, -0.2) is 13.7 Å². The van der Waals surface area contributed by atoms with Crippen molar-refractivity contribution in [2.45, 2.75) is 13.3 Å². The number of methoxy groups -OCH3 is 1. The van der Waals surface area contributed by atoms with Crippen molar-refractivity contribution in [3.63, 3.8) is 0 Å². The minimum absolute atomic E-state index is 0.234. The Morgan fingerprint density at radius 3 is 2.69 bits per heavy atom. The molecule has 0 aliphatic carbocycles. The number of nitrogens with two attached hydrogens (primary N) is 1. The van der Waals surface area contributed by atoms with Crippen LogP contribution in [0.4, 0.5) is 4.39 Å². The molecule has 0 bridgehead atoms. The number of ether oxygens (including phenoxy) is 1. The smallest absolute Gasteiger partial charge is 0.130 e. The zero-order chi connectivity index (χ0) is 9.84. The molecule has 0 amide bonds. The minimum atomic E-state index is -0.234. The summed E-state index contributed by atoms with van der Waals surface area (Å²) in [6, 6.07) is 3.33. The molecule has 2 N–H and O–H groups in total. The van der Waals surface area contributed by atoms with E-state index in [1.54, 1.807) is 6.92 Å². The van der Waals surface area contributed by atoms with E-state index in [0.29, 0.717) is 24.3 Å². The average Bonchev–Trinajstić information content (AvgIpc) is 2.11. The normalized spacial score (nSPS) is 10.2. The predicted molar refractivity (Wildman–Crippen MR) is 50.4 cm³/mol. The van der Waals surface area contributed by atoms with E-state index in [4.69, 9.17) is 10.5 Å². The van der Waals surface area contributed by atoms with E-state index in [2.05, 4.69) is 0 Å². The number of hydrogen-bond donors (Lipinski definition) is 1. The fraction of sp³-hybridized carbons (Fsp3) is 0.400. The molecule has 13 heavy (non-hydrogen) atoms. The molecule has 0 saturated heterocycles. The molecular formula is C10H14FNO. The number of halogens is 1. The average molecular weight is 183 g/mol. The Morgan fingerprint density at radius 1 is 1.46 bits per heavy atom. The highest BCUT2D eigenvalue weighted by atomic mass is 19.1. The zero-order valence-electron chi connectivity index (χ0n) is 7.93. The number of rotatable bonds is 3.